The summed E-state index contributed by atoms with van der Waals surface area (Å²) in [6, 6.07) is 7.10. The van der Waals surface area contributed by atoms with Crippen LogP contribution >= 0.6 is 0 Å². The molecule has 0 saturated carbocycles. The van der Waals surface area contributed by atoms with Gasteiger partial charge in [-0.15, -0.1) is 0 Å². The van der Waals surface area contributed by atoms with E-state index in [2.05, 4.69) is 25.9 Å². The summed E-state index contributed by atoms with van der Waals surface area (Å²) in [5.41, 5.74) is 2.85. The topological polar surface area (TPSA) is 63.4 Å². The molecular weight excluding hydrogens is 348 g/mol. The Kier molecular flexibility index (Phi) is 5.01. The van der Waals surface area contributed by atoms with Crippen LogP contribution in [0.2, 0.25) is 0 Å². The molecule has 142 valence electrons. The molecule has 1 fully saturated rings. The highest BCUT2D eigenvalue weighted by Gasteiger charge is 2.39. The van der Waals surface area contributed by atoms with Crippen LogP contribution in [0.4, 0.5) is 0 Å². The van der Waals surface area contributed by atoms with Gasteiger partial charge in [0.25, 0.3) is 0 Å². The van der Waals surface area contributed by atoms with Gasteiger partial charge in [-0.2, -0.15) is 4.31 Å². The van der Waals surface area contributed by atoms with E-state index >= 15 is 0 Å². The lowest BCUT2D eigenvalue weighted by molar-refractivity contribution is 0.368. The van der Waals surface area contributed by atoms with Gasteiger partial charge < -0.3 is 4.52 Å². The summed E-state index contributed by atoms with van der Waals surface area (Å²) in [6.45, 7) is 10.8. The quantitative estimate of drug-likeness (QED) is 0.795. The van der Waals surface area contributed by atoms with Crippen LogP contribution in [0.25, 0.3) is 0 Å². The summed E-state index contributed by atoms with van der Waals surface area (Å²) in [5, 5.41) is 4.06. The second-order valence-corrected chi connectivity index (χ2v) is 9.90. The summed E-state index contributed by atoms with van der Waals surface area (Å²) in [5.74, 6) is 0.790. The first-order chi connectivity index (χ1) is 12.2. The number of aromatic nitrogens is 1. The Balaban J connectivity index is 1.97. The Bertz CT molecular complexity index is 877. The molecule has 3 rings (SSSR count). The van der Waals surface area contributed by atoms with Crippen molar-refractivity contribution in [1.82, 2.24) is 9.46 Å². The number of aryl methyl sites for hydroxylation is 2. The van der Waals surface area contributed by atoms with E-state index in [1.54, 1.807) is 16.4 Å². The molecule has 1 aromatic heterocycles. The molecular formula is C20H28N2O3S. The van der Waals surface area contributed by atoms with Crippen molar-refractivity contribution in [2.75, 3.05) is 6.54 Å². The maximum absolute atomic E-state index is 13.3. The molecule has 1 aromatic carbocycles. The zero-order valence-corrected chi connectivity index (χ0v) is 17.1. The third kappa shape index (κ3) is 3.32. The average Bonchev–Trinajstić information content (AvgIpc) is 3.20. The van der Waals surface area contributed by atoms with Gasteiger partial charge in [0, 0.05) is 18.5 Å². The van der Waals surface area contributed by atoms with E-state index in [0.717, 1.165) is 35.4 Å². The van der Waals surface area contributed by atoms with Crippen LogP contribution in [0.3, 0.4) is 0 Å². The van der Waals surface area contributed by atoms with Crippen LogP contribution in [-0.4, -0.2) is 24.4 Å². The minimum absolute atomic E-state index is 0.00588. The predicted molar refractivity (Wildman–Crippen MR) is 102 cm³/mol. The predicted octanol–water partition coefficient (Wildman–Crippen LogP) is 4.37. The van der Waals surface area contributed by atoms with Crippen LogP contribution in [0.15, 0.2) is 33.7 Å². The van der Waals surface area contributed by atoms with Gasteiger partial charge in [-0.3, -0.25) is 0 Å². The van der Waals surface area contributed by atoms with Crippen LogP contribution in [0.5, 0.6) is 0 Å². The molecule has 5 nitrogen and oxygen atoms in total. The van der Waals surface area contributed by atoms with Crippen LogP contribution in [-0.2, 0) is 21.9 Å². The average molecular weight is 377 g/mol. The number of sulfonamides is 1. The number of hydrogen-bond donors (Lipinski definition) is 0. The van der Waals surface area contributed by atoms with E-state index in [9.17, 15) is 8.42 Å². The lowest BCUT2D eigenvalue weighted by Crippen LogP contribution is -2.31. The Morgan fingerprint density at radius 3 is 2.46 bits per heavy atom. The summed E-state index contributed by atoms with van der Waals surface area (Å²) in [6.07, 6.45) is 2.35. The molecule has 0 aliphatic carbocycles. The van der Waals surface area contributed by atoms with E-state index < -0.39 is 10.0 Å². The van der Waals surface area contributed by atoms with Gasteiger partial charge in [0.2, 0.25) is 10.0 Å². The number of benzene rings is 1. The minimum atomic E-state index is -3.55. The van der Waals surface area contributed by atoms with E-state index in [0.29, 0.717) is 17.9 Å². The lowest BCUT2D eigenvalue weighted by Gasteiger charge is -2.25. The zero-order chi connectivity index (χ0) is 19.1. The SMILES string of the molecule is CCc1onc(C)c1[C@H]1CCCN1S(=O)(=O)c1ccc(C(C)(C)C)cc1. The van der Waals surface area contributed by atoms with Crippen molar-refractivity contribution in [1.29, 1.82) is 0 Å². The molecule has 0 unspecified atom stereocenters. The van der Waals surface area contributed by atoms with Crippen molar-refractivity contribution < 1.29 is 12.9 Å². The highest BCUT2D eigenvalue weighted by molar-refractivity contribution is 7.89. The minimum Gasteiger partial charge on any atom is -0.361 e. The van der Waals surface area contributed by atoms with E-state index in [1.807, 2.05) is 26.0 Å². The van der Waals surface area contributed by atoms with Gasteiger partial charge in [0.05, 0.1) is 16.6 Å². The molecule has 6 heteroatoms. The number of rotatable bonds is 4. The third-order valence-electron chi connectivity index (χ3n) is 5.17. The summed E-state index contributed by atoms with van der Waals surface area (Å²) < 4.78 is 33.6. The monoisotopic (exact) mass is 376 g/mol. The van der Waals surface area contributed by atoms with Gasteiger partial charge >= 0.3 is 0 Å². The van der Waals surface area contributed by atoms with Crippen molar-refractivity contribution in [3.63, 3.8) is 0 Å². The third-order valence-corrected chi connectivity index (χ3v) is 7.09. The maximum Gasteiger partial charge on any atom is 0.243 e. The lowest BCUT2D eigenvalue weighted by atomic mass is 9.87. The molecule has 0 amide bonds. The van der Waals surface area contributed by atoms with Gasteiger partial charge in [-0.05, 0) is 42.9 Å². The molecule has 0 radical (unpaired) electrons. The highest BCUT2D eigenvalue weighted by Crippen LogP contribution is 2.39. The van der Waals surface area contributed by atoms with Gasteiger partial charge in [0.15, 0.2) is 0 Å². The second kappa shape index (κ2) is 6.82. The van der Waals surface area contributed by atoms with Crippen molar-refractivity contribution in [2.45, 2.75) is 70.2 Å². The van der Waals surface area contributed by atoms with Crippen molar-refractivity contribution in [3.05, 3.63) is 46.8 Å². The van der Waals surface area contributed by atoms with Crippen molar-refractivity contribution in [3.8, 4) is 0 Å². The standard InChI is InChI=1S/C20H28N2O3S/c1-6-18-19(14(2)21-25-18)17-8-7-13-22(17)26(23,24)16-11-9-15(10-12-16)20(3,4)5/h9-12,17H,6-8,13H2,1-5H3/t17-/m1/s1. The fourth-order valence-electron chi connectivity index (χ4n) is 3.68. The number of hydrogen-bond acceptors (Lipinski definition) is 4. The van der Waals surface area contributed by atoms with E-state index in [4.69, 9.17) is 4.52 Å². The van der Waals surface area contributed by atoms with E-state index in [-0.39, 0.29) is 11.5 Å². The second-order valence-electron chi connectivity index (χ2n) is 8.01. The molecule has 0 N–H and O–H groups in total. The number of nitrogens with zero attached hydrogens (tertiary/aromatic N) is 2. The van der Waals surface area contributed by atoms with E-state index in [1.165, 1.54) is 0 Å². The van der Waals surface area contributed by atoms with Gasteiger partial charge in [-0.25, -0.2) is 8.42 Å². The fourth-order valence-corrected chi connectivity index (χ4v) is 5.35. The summed E-state index contributed by atoms with van der Waals surface area (Å²) in [7, 11) is -3.55. The van der Waals surface area contributed by atoms with Crippen molar-refractivity contribution in [2.24, 2.45) is 0 Å². The van der Waals surface area contributed by atoms with Crippen LogP contribution < -0.4 is 0 Å². The fraction of sp³-hybridized carbons (Fsp3) is 0.550. The molecule has 2 aromatic rings. The highest BCUT2D eigenvalue weighted by atomic mass is 32.2. The summed E-state index contributed by atoms with van der Waals surface area (Å²) >= 11 is 0. The van der Waals surface area contributed by atoms with Gasteiger partial charge in [-0.1, -0.05) is 45.0 Å². The Morgan fingerprint density at radius 1 is 1.23 bits per heavy atom. The normalized spacial score (nSPS) is 19.2. The Morgan fingerprint density at radius 2 is 1.88 bits per heavy atom. The first-order valence-electron chi connectivity index (χ1n) is 9.23. The molecule has 1 atom stereocenters. The molecule has 1 saturated heterocycles. The molecule has 1 aliphatic rings. The maximum atomic E-state index is 13.3. The largest absolute Gasteiger partial charge is 0.361 e. The molecule has 26 heavy (non-hydrogen) atoms. The first kappa shape index (κ1) is 19.1. The Labute approximate surface area is 156 Å². The van der Waals surface area contributed by atoms with Gasteiger partial charge in [0.1, 0.15) is 5.76 Å². The van der Waals surface area contributed by atoms with Crippen LogP contribution in [0.1, 0.15) is 69.2 Å². The Hall–Kier alpha value is -1.66. The molecule has 2 heterocycles. The smallest absolute Gasteiger partial charge is 0.243 e. The zero-order valence-electron chi connectivity index (χ0n) is 16.2. The first-order valence-corrected chi connectivity index (χ1v) is 10.7. The molecule has 1 aliphatic heterocycles. The molecule has 0 spiro atoms. The summed E-state index contributed by atoms with van der Waals surface area (Å²) in [4.78, 5) is 0.351. The van der Waals surface area contributed by atoms with Crippen LogP contribution in [0, 0.1) is 6.92 Å². The van der Waals surface area contributed by atoms with Crippen molar-refractivity contribution >= 4 is 10.0 Å². The molecule has 0 bridgehead atoms.